The van der Waals surface area contributed by atoms with Crippen molar-refractivity contribution in [3.8, 4) is 0 Å². The number of carbonyl (C=O) groups excluding carboxylic acids is 1. The number of hydrogen-bond acceptors (Lipinski definition) is 4. The predicted molar refractivity (Wildman–Crippen MR) is 99.8 cm³/mol. The van der Waals surface area contributed by atoms with Gasteiger partial charge in [0.05, 0.1) is 5.56 Å². The van der Waals surface area contributed by atoms with E-state index in [1.54, 1.807) is 6.07 Å². The molecule has 0 fully saturated rings. The third-order valence-electron chi connectivity index (χ3n) is 4.79. The fourth-order valence-corrected chi connectivity index (χ4v) is 4.38. The van der Waals surface area contributed by atoms with Gasteiger partial charge in [0.15, 0.2) is 0 Å². The van der Waals surface area contributed by atoms with Crippen LogP contribution in [0.3, 0.4) is 0 Å². The van der Waals surface area contributed by atoms with Crippen molar-refractivity contribution in [3.05, 3.63) is 50.9 Å². The quantitative estimate of drug-likeness (QED) is 0.874. The molecule has 2 N–H and O–H groups in total. The number of thiophene rings is 1. The number of aryl methyl sites for hydroxylation is 2. The van der Waals surface area contributed by atoms with Crippen molar-refractivity contribution < 1.29 is 14.7 Å². The first-order chi connectivity index (χ1) is 11.9. The Morgan fingerprint density at radius 3 is 2.68 bits per heavy atom. The van der Waals surface area contributed by atoms with Crippen LogP contribution in [0.2, 0.25) is 0 Å². The number of nitrogens with zero attached hydrogens (tertiary/aromatic N) is 1. The van der Waals surface area contributed by atoms with Gasteiger partial charge in [0.2, 0.25) is 0 Å². The van der Waals surface area contributed by atoms with Crippen LogP contribution in [-0.2, 0) is 13.0 Å². The lowest BCUT2D eigenvalue weighted by Crippen LogP contribution is -2.29. The molecule has 2 aromatic rings. The molecule has 0 aliphatic carbocycles. The van der Waals surface area contributed by atoms with Gasteiger partial charge in [0.1, 0.15) is 5.00 Å². The van der Waals surface area contributed by atoms with Gasteiger partial charge in [-0.1, -0.05) is 13.0 Å². The van der Waals surface area contributed by atoms with Gasteiger partial charge in [-0.25, -0.2) is 4.79 Å². The van der Waals surface area contributed by atoms with E-state index in [0.29, 0.717) is 17.0 Å². The van der Waals surface area contributed by atoms with Gasteiger partial charge in [-0.05, 0) is 55.6 Å². The molecule has 1 aromatic heterocycles. The molecule has 0 bridgehead atoms. The molecule has 1 amide bonds. The van der Waals surface area contributed by atoms with Crippen molar-refractivity contribution in [1.29, 1.82) is 0 Å². The molecule has 2 heterocycles. The summed E-state index contributed by atoms with van der Waals surface area (Å²) in [4.78, 5) is 27.7. The summed E-state index contributed by atoms with van der Waals surface area (Å²) in [6, 6.07) is 5.50. The normalized spacial score (nSPS) is 14.2. The van der Waals surface area contributed by atoms with Crippen LogP contribution >= 0.6 is 11.3 Å². The highest BCUT2D eigenvalue weighted by Crippen LogP contribution is 2.37. The molecule has 0 saturated heterocycles. The second-order valence-electron chi connectivity index (χ2n) is 6.38. The molecule has 132 valence electrons. The number of fused-ring (bicyclic) bond motifs is 1. The fraction of sp³-hybridized carbons (Fsp3) is 0.368. The number of carboxylic acid groups (broad SMARTS) is 1. The van der Waals surface area contributed by atoms with E-state index in [-0.39, 0.29) is 11.5 Å². The lowest BCUT2D eigenvalue weighted by molar-refractivity contribution is 0.0696. The van der Waals surface area contributed by atoms with Crippen LogP contribution in [0.1, 0.15) is 49.2 Å². The zero-order chi connectivity index (χ0) is 18.1. The van der Waals surface area contributed by atoms with Crippen LogP contribution in [0.5, 0.6) is 0 Å². The van der Waals surface area contributed by atoms with Crippen LogP contribution in [-0.4, -0.2) is 35.0 Å². The zero-order valence-electron chi connectivity index (χ0n) is 14.7. The van der Waals surface area contributed by atoms with E-state index in [4.69, 9.17) is 0 Å². The van der Waals surface area contributed by atoms with E-state index in [9.17, 15) is 14.7 Å². The summed E-state index contributed by atoms with van der Waals surface area (Å²) in [5, 5.41) is 12.9. The second kappa shape index (κ2) is 6.98. The Bertz CT molecular complexity index is 841. The van der Waals surface area contributed by atoms with Crippen molar-refractivity contribution in [2.45, 2.75) is 33.7 Å². The van der Waals surface area contributed by atoms with Crippen molar-refractivity contribution in [2.24, 2.45) is 0 Å². The number of nitrogens with one attached hydrogen (secondary N) is 1. The van der Waals surface area contributed by atoms with E-state index in [1.807, 2.05) is 26.0 Å². The van der Waals surface area contributed by atoms with Gasteiger partial charge in [0, 0.05) is 23.5 Å². The minimum absolute atomic E-state index is 0.257. The predicted octanol–water partition coefficient (Wildman–Crippen LogP) is 3.69. The molecule has 0 radical (unpaired) electrons. The van der Waals surface area contributed by atoms with E-state index in [0.717, 1.165) is 41.2 Å². The standard InChI is InChI=1S/C19H22N2O3S/c1-4-21-8-7-14-15(10-21)25-18(16(14)19(23)24)20-17(22)13-6-5-11(2)12(3)9-13/h5-6,9H,4,7-8,10H2,1-3H3,(H,20,22)(H,23,24). The van der Waals surface area contributed by atoms with E-state index < -0.39 is 5.97 Å². The van der Waals surface area contributed by atoms with Crippen LogP contribution in [0.25, 0.3) is 0 Å². The first-order valence-corrected chi connectivity index (χ1v) is 9.21. The highest BCUT2D eigenvalue weighted by Gasteiger charge is 2.28. The number of amides is 1. The van der Waals surface area contributed by atoms with Crippen LogP contribution < -0.4 is 5.32 Å². The third kappa shape index (κ3) is 3.45. The number of benzene rings is 1. The maximum Gasteiger partial charge on any atom is 0.339 e. The molecule has 0 unspecified atom stereocenters. The molecular formula is C19H22N2O3S. The maximum atomic E-state index is 12.6. The van der Waals surface area contributed by atoms with Gasteiger partial charge in [0.25, 0.3) is 5.91 Å². The monoisotopic (exact) mass is 358 g/mol. The van der Waals surface area contributed by atoms with Gasteiger partial charge >= 0.3 is 5.97 Å². The number of carbonyl (C=O) groups is 2. The number of likely N-dealkylation sites (N-methyl/N-ethyl adjacent to an activating group) is 1. The molecule has 0 atom stereocenters. The molecule has 5 nitrogen and oxygen atoms in total. The molecule has 25 heavy (non-hydrogen) atoms. The van der Waals surface area contributed by atoms with Crippen molar-refractivity contribution in [2.75, 3.05) is 18.4 Å². The Balaban J connectivity index is 1.91. The summed E-state index contributed by atoms with van der Waals surface area (Å²) >= 11 is 1.39. The number of anilines is 1. The summed E-state index contributed by atoms with van der Waals surface area (Å²) in [7, 11) is 0. The van der Waals surface area contributed by atoms with E-state index in [2.05, 4.69) is 17.1 Å². The number of carboxylic acids is 1. The molecule has 1 aliphatic rings. The van der Waals surface area contributed by atoms with Crippen molar-refractivity contribution >= 4 is 28.2 Å². The number of hydrogen-bond donors (Lipinski definition) is 2. The topological polar surface area (TPSA) is 69.6 Å². The van der Waals surface area contributed by atoms with Crippen molar-refractivity contribution in [3.63, 3.8) is 0 Å². The first-order valence-electron chi connectivity index (χ1n) is 8.39. The largest absolute Gasteiger partial charge is 0.478 e. The van der Waals surface area contributed by atoms with Crippen LogP contribution in [0, 0.1) is 13.8 Å². The molecule has 6 heteroatoms. The Morgan fingerprint density at radius 1 is 1.28 bits per heavy atom. The lowest BCUT2D eigenvalue weighted by atomic mass is 10.0. The molecular weight excluding hydrogens is 336 g/mol. The Hall–Kier alpha value is -2.18. The van der Waals surface area contributed by atoms with Gasteiger partial charge in [-0.3, -0.25) is 9.69 Å². The maximum absolute atomic E-state index is 12.6. The summed E-state index contributed by atoms with van der Waals surface area (Å²) in [6.45, 7) is 8.58. The minimum atomic E-state index is -0.974. The number of aromatic carboxylic acids is 1. The van der Waals surface area contributed by atoms with Crippen LogP contribution in [0.4, 0.5) is 5.00 Å². The van der Waals surface area contributed by atoms with Gasteiger partial charge < -0.3 is 10.4 Å². The average molecular weight is 358 g/mol. The average Bonchev–Trinajstić information content (AvgIpc) is 2.94. The zero-order valence-corrected chi connectivity index (χ0v) is 15.5. The smallest absolute Gasteiger partial charge is 0.339 e. The second-order valence-corrected chi connectivity index (χ2v) is 7.49. The Labute approximate surface area is 151 Å². The Morgan fingerprint density at radius 2 is 2.04 bits per heavy atom. The van der Waals surface area contributed by atoms with E-state index in [1.165, 1.54) is 11.3 Å². The summed E-state index contributed by atoms with van der Waals surface area (Å²) in [6.07, 6.45) is 0.709. The summed E-state index contributed by atoms with van der Waals surface area (Å²) in [5.41, 5.74) is 3.83. The van der Waals surface area contributed by atoms with E-state index >= 15 is 0 Å². The highest BCUT2D eigenvalue weighted by molar-refractivity contribution is 7.17. The lowest BCUT2D eigenvalue weighted by Gasteiger charge is -2.25. The highest BCUT2D eigenvalue weighted by atomic mass is 32.1. The third-order valence-corrected chi connectivity index (χ3v) is 5.93. The first kappa shape index (κ1) is 17.6. The molecule has 0 spiro atoms. The fourth-order valence-electron chi connectivity index (χ4n) is 3.10. The van der Waals surface area contributed by atoms with Crippen molar-refractivity contribution in [1.82, 2.24) is 4.90 Å². The summed E-state index contributed by atoms with van der Waals surface area (Å²) < 4.78 is 0. The molecule has 1 aliphatic heterocycles. The summed E-state index contributed by atoms with van der Waals surface area (Å²) in [5.74, 6) is -1.24. The molecule has 0 saturated carbocycles. The number of rotatable bonds is 4. The minimum Gasteiger partial charge on any atom is -0.478 e. The Kier molecular flexibility index (Phi) is 4.92. The SMILES string of the molecule is CCN1CCc2c(sc(NC(=O)c3ccc(C)c(C)c3)c2C(=O)O)C1. The van der Waals surface area contributed by atoms with Gasteiger partial charge in [-0.2, -0.15) is 0 Å². The van der Waals surface area contributed by atoms with Gasteiger partial charge in [-0.15, -0.1) is 11.3 Å². The van der Waals surface area contributed by atoms with Crippen LogP contribution in [0.15, 0.2) is 18.2 Å². The molecule has 1 aromatic carbocycles. The molecule has 3 rings (SSSR count).